The van der Waals surface area contributed by atoms with Gasteiger partial charge in [-0.15, -0.1) is 0 Å². The number of aromatic nitrogens is 1. The van der Waals surface area contributed by atoms with Crippen LogP contribution in [0.2, 0.25) is 0 Å². The van der Waals surface area contributed by atoms with Crippen LogP contribution < -0.4 is 5.32 Å². The van der Waals surface area contributed by atoms with Gasteiger partial charge in [0.1, 0.15) is 0 Å². The fourth-order valence-electron chi connectivity index (χ4n) is 3.67. The van der Waals surface area contributed by atoms with Crippen molar-refractivity contribution >= 4 is 0 Å². The zero-order valence-electron chi connectivity index (χ0n) is 13.9. The van der Waals surface area contributed by atoms with Crippen molar-refractivity contribution in [1.82, 2.24) is 15.2 Å². The van der Waals surface area contributed by atoms with Crippen LogP contribution in [0, 0.1) is 11.8 Å². The third-order valence-electron chi connectivity index (χ3n) is 5.12. The van der Waals surface area contributed by atoms with E-state index in [0.29, 0.717) is 6.04 Å². The number of hydrogen-bond acceptors (Lipinski definition) is 3. The van der Waals surface area contributed by atoms with Crippen molar-refractivity contribution in [3.8, 4) is 0 Å². The molecular formula is C18H31N3. The molecule has 0 bridgehead atoms. The van der Waals surface area contributed by atoms with E-state index in [4.69, 9.17) is 0 Å². The lowest BCUT2D eigenvalue weighted by atomic mass is 9.76. The molecule has 3 atom stereocenters. The van der Waals surface area contributed by atoms with Crippen molar-refractivity contribution in [1.29, 1.82) is 0 Å². The first-order chi connectivity index (χ1) is 10.2. The molecule has 3 heteroatoms. The highest BCUT2D eigenvalue weighted by Gasteiger charge is 2.29. The SMILES string of the molecule is CCC1CCC(NC)C(CN(C)CCc2ccncc2)C1. The van der Waals surface area contributed by atoms with Crippen molar-refractivity contribution in [3.63, 3.8) is 0 Å². The summed E-state index contributed by atoms with van der Waals surface area (Å²) in [5.74, 6) is 1.74. The molecule has 1 aromatic rings. The highest BCUT2D eigenvalue weighted by atomic mass is 15.1. The second-order valence-electron chi connectivity index (χ2n) is 6.61. The predicted molar refractivity (Wildman–Crippen MR) is 89.4 cm³/mol. The van der Waals surface area contributed by atoms with E-state index in [2.05, 4.69) is 48.4 Å². The van der Waals surface area contributed by atoms with Crippen LogP contribution in [-0.4, -0.2) is 43.1 Å². The van der Waals surface area contributed by atoms with Gasteiger partial charge in [0, 0.05) is 31.5 Å². The van der Waals surface area contributed by atoms with Crippen LogP contribution in [0.4, 0.5) is 0 Å². The van der Waals surface area contributed by atoms with Crippen LogP contribution in [0.3, 0.4) is 0 Å². The second kappa shape index (κ2) is 8.50. The highest BCUT2D eigenvalue weighted by molar-refractivity contribution is 5.09. The molecule has 0 saturated heterocycles. The number of rotatable bonds is 7. The molecule has 1 saturated carbocycles. The Kier molecular flexibility index (Phi) is 6.65. The van der Waals surface area contributed by atoms with Gasteiger partial charge >= 0.3 is 0 Å². The van der Waals surface area contributed by atoms with Crippen molar-refractivity contribution in [2.24, 2.45) is 11.8 Å². The van der Waals surface area contributed by atoms with Crippen LogP contribution in [0.1, 0.15) is 38.2 Å². The Bertz CT molecular complexity index is 393. The average molecular weight is 289 g/mol. The van der Waals surface area contributed by atoms with Gasteiger partial charge < -0.3 is 10.2 Å². The molecule has 3 nitrogen and oxygen atoms in total. The van der Waals surface area contributed by atoms with Gasteiger partial charge in [0.05, 0.1) is 0 Å². The summed E-state index contributed by atoms with van der Waals surface area (Å²) in [5.41, 5.74) is 1.39. The van der Waals surface area contributed by atoms with Gasteiger partial charge in [0.2, 0.25) is 0 Å². The van der Waals surface area contributed by atoms with E-state index in [-0.39, 0.29) is 0 Å². The summed E-state index contributed by atoms with van der Waals surface area (Å²) in [4.78, 5) is 6.59. The molecule has 0 spiro atoms. The first-order valence-corrected chi connectivity index (χ1v) is 8.47. The Hall–Kier alpha value is -0.930. The Morgan fingerprint density at radius 2 is 2.05 bits per heavy atom. The Balaban J connectivity index is 1.80. The maximum atomic E-state index is 4.08. The normalized spacial score (nSPS) is 26.2. The maximum Gasteiger partial charge on any atom is 0.0270 e. The van der Waals surface area contributed by atoms with Gasteiger partial charge in [-0.2, -0.15) is 0 Å². The molecule has 0 radical (unpaired) electrons. The minimum atomic E-state index is 0.705. The van der Waals surface area contributed by atoms with Gasteiger partial charge in [0.25, 0.3) is 0 Å². The minimum absolute atomic E-state index is 0.705. The number of pyridine rings is 1. The topological polar surface area (TPSA) is 28.2 Å². The predicted octanol–water partition coefficient (Wildman–Crippen LogP) is 2.97. The van der Waals surface area contributed by atoms with Crippen molar-refractivity contribution < 1.29 is 0 Å². The molecule has 21 heavy (non-hydrogen) atoms. The van der Waals surface area contributed by atoms with Crippen molar-refractivity contribution in [2.45, 2.75) is 45.1 Å². The largest absolute Gasteiger partial charge is 0.317 e. The standard InChI is InChI=1S/C18H31N3/c1-4-15-5-6-18(19-2)17(13-15)14-21(3)12-9-16-7-10-20-11-8-16/h7-8,10-11,15,17-19H,4-6,9,12-14H2,1-3H3. The molecule has 1 N–H and O–H groups in total. The summed E-state index contributed by atoms with van der Waals surface area (Å²) >= 11 is 0. The Morgan fingerprint density at radius 1 is 1.29 bits per heavy atom. The zero-order valence-corrected chi connectivity index (χ0v) is 13.9. The van der Waals surface area contributed by atoms with Crippen LogP contribution in [0.25, 0.3) is 0 Å². The molecule has 2 rings (SSSR count). The van der Waals surface area contributed by atoms with Gasteiger partial charge in [-0.05, 0) is 69.3 Å². The molecule has 1 aliphatic carbocycles. The molecule has 1 fully saturated rings. The lowest BCUT2D eigenvalue weighted by Gasteiger charge is -2.38. The summed E-state index contributed by atoms with van der Waals surface area (Å²) < 4.78 is 0. The third kappa shape index (κ3) is 5.08. The van der Waals surface area contributed by atoms with Crippen LogP contribution in [0.5, 0.6) is 0 Å². The summed E-state index contributed by atoms with van der Waals surface area (Å²) in [5, 5.41) is 3.54. The summed E-state index contributed by atoms with van der Waals surface area (Å²) in [7, 11) is 4.39. The van der Waals surface area contributed by atoms with E-state index in [1.165, 1.54) is 37.8 Å². The lowest BCUT2D eigenvalue weighted by Crippen LogP contribution is -2.44. The highest BCUT2D eigenvalue weighted by Crippen LogP contribution is 2.31. The molecule has 0 aliphatic heterocycles. The number of likely N-dealkylation sites (N-methyl/N-ethyl adjacent to an activating group) is 1. The molecule has 1 heterocycles. The summed E-state index contributed by atoms with van der Waals surface area (Å²) in [6.07, 6.45) is 10.4. The van der Waals surface area contributed by atoms with Crippen LogP contribution >= 0.6 is 0 Å². The van der Waals surface area contributed by atoms with E-state index >= 15 is 0 Å². The van der Waals surface area contributed by atoms with E-state index < -0.39 is 0 Å². The fourth-order valence-corrected chi connectivity index (χ4v) is 3.67. The summed E-state index contributed by atoms with van der Waals surface area (Å²) in [6, 6.07) is 4.95. The number of nitrogens with one attached hydrogen (secondary N) is 1. The van der Waals surface area contributed by atoms with Crippen molar-refractivity contribution in [3.05, 3.63) is 30.1 Å². The molecule has 0 aromatic carbocycles. The molecular weight excluding hydrogens is 258 g/mol. The van der Waals surface area contributed by atoms with E-state index in [0.717, 1.165) is 24.8 Å². The quantitative estimate of drug-likeness (QED) is 0.836. The second-order valence-corrected chi connectivity index (χ2v) is 6.61. The number of nitrogens with zero attached hydrogens (tertiary/aromatic N) is 2. The first kappa shape index (κ1) is 16.4. The van der Waals surface area contributed by atoms with Gasteiger partial charge in [-0.25, -0.2) is 0 Å². The average Bonchev–Trinajstić information content (AvgIpc) is 2.54. The van der Waals surface area contributed by atoms with E-state index in [1.807, 2.05) is 12.4 Å². The third-order valence-corrected chi connectivity index (χ3v) is 5.12. The molecule has 3 unspecified atom stereocenters. The lowest BCUT2D eigenvalue weighted by molar-refractivity contribution is 0.157. The number of hydrogen-bond donors (Lipinski definition) is 1. The monoisotopic (exact) mass is 289 g/mol. The smallest absolute Gasteiger partial charge is 0.0270 e. The van der Waals surface area contributed by atoms with Gasteiger partial charge in [-0.1, -0.05) is 13.3 Å². The molecule has 0 amide bonds. The first-order valence-electron chi connectivity index (χ1n) is 8.47. The molecule has 118 valence electrons. The Morgan fingerprint density at radius 3 is 2.71 bits per heavy atom. The van der Waals surface area contributed by atoms with Crippen molar-refractivity contribution in [2.75, 3.05) is 27.2 Å². The van der Waals surface area contributed by atoms with E-state index in [1.54, 1.807) is 0 Å². The maximum absolute atomic E-state index is 4.08. The van der Waals surface area contributed by atoms with Gasteiger partial charge in [-0.3, -0.25) is 4.98 Å². The molecule has 1 aromatic heterocycles. The zero-order chi connectivity index (χ0) is 15.1. The van der Waals surface area contributed by atoms with Crippen LogP contribution in [-0.2, 0) is 6.42 Å². The van der Waals surface area contributed by atoms with Crippen LogP contribution in [0.15, 0.2) is 24.5 Å². The van der Waals surface area contributed by atoms with E-state index in [9.17, 15) is 0 Å². The van der Waals surface area contributed by atoms with Gasteiger partial charge in [0.15, 0.2) is 0 Å². The fraction of sp³-hybridized carbons (Fsp3) is 0.722. The molecule has 1 aliphatic rings. The Labute approximate surface area is 130 Å². The summed E-state index contributed by atoms with van der Waals surface area (Å²) in [6.45, 7) is 4.69. The minimum Gasteiger partial charge on any atom is -0.317 e.